The fourth-order valence-corrected chi connectivity index (χ4v) is 3.51. The topological polar surface area (TPSA) is 55.1 Å². The van der Waals surface area contributed by atoms with Crippen molar-refractivity contribution in [2.24, 2.45) is 0 Å². The lowest BCUT2D eigenvalue weighted by Crippen LogP contribution is -2.14. The smallest absolute Gasteiger partial charge is 0.256 e. The standard InChI is InChI=1S/C22H17IN2O2/c1-13-7-10-18-20(11-13)27-22(25-18)15-9-8-14(2)19(12-15)24-21(26)16-5-3-4-6-17(16)23/h3-12H,1-2H3,(H,24,26). The second kappa shape index (κ2) is 7.15. The van der Waals surface area contributed by atoms with E-state index < -0.39 is 0 Å². The number of carbonyl (C=O) groups excluding carboxylic acids is 1. The molecule has 5 heteroatoms. The van der Waals surface area contributed by atoms with Crippen LogP contribution < -0.4 is 5.32 Å². The Morgan fingerprint density at radius 2 is 1.85 bits per heavy atom. The van der Waals surface area contributed by atoms with E-state index in [1.807, 2.05) is 74.5 Å². The first-order chi connectivity index (χ1) is 13.0. The van der Waals surface area contributed by atoms with Crippen LogP contribution in [0.2, 0.25) is 0 Å². The zero-order chi connectivity index (χ0) is 19.0. The molecule has 0 atom stereocenters. The van der Waals surface area contributed by atoms with Gasteiger partial charge in [0, 0.05) is 14.8 Å². The number of benzene rings is 3. The van der Waals surface area contributed by atoms with Gasteiger partial charge in [-0.2, -0.15) is 0 Å². The molecule has 0 saturated carbocycles. The molecule has 3 aromatic carbocycles. The summed E-state index contributed by atoms with van der Waals surface area (Å²) in [5.74, 6) is 0.411. The van der Waals surface area contributed by atoms with Crippen LogP contribution in [0.25, 0.3) is 22.6 Å². The molecule has 0 spiro atoms. The van der Waals surface area contributed by atoms with Gasteiger partial charge in [-0.3, -0.25) is 4.79 Å². The van der Waals surface area contributed by atoms with Crippen molar-refractivity contribution in [2.45, 2.75) is 13.8 Å². The van der Waals surface area contributed by atoms with Gasteiger partial charge in [-0.25, -0.2) is 4.98 Å². The highest BCUT2D eigenvalue weighted by Gasteiger charge is 2.14. The summed E-state index contributed by atoms with van der Waals surface area (Å²) < 4.78 is 6.83. The number of nitrogens with one attached hydrogen (secondary N) is 1. The first-order valence-electron chi connectivity index (χ1n) is 8.55. The average molecular weight is 468 g/mol. The number of anilines is 1. The second-order valence-electron chi connectivity index (χ2n) is 6.45. The predicted octanol–water partition coefficient (Wildman–Crippen LogP) is 5.97. The zero-order valence-corrected chi connectivity index (χ0v) is 17.1. The summed E-state index contributed by atoms with van der Waals surface area (Å²) >= 11 is 2.17. The fraction of sp³-hybridized carbons (Fsp3) is 0.0909. The third kappa shape index (κ3) is 3.60. The Morgan fingerprint density at radius 3 is 2.67 bits per heavy atom. The van der Waals surface area contributed by atoms with E-state index in [1.54, 1.807) is 0 Å². The predicted molar refractivity (Wildman–Crippen MR) is 116 cm³/mol. The number of carbonyl (C=O) groups is 1. The Kier molecular flexibility index (Phi) is 4.70. The molecule has 27 heavy (non-hydrogen) atoms. The molecule has 0 fully saturated rings. The molecule has 0 unspecified atom stereocenters. The Labute approximate surface area is 170 Å². The van der Waals surface area contributed by atoms with Crippen LogP contribution in [0.5, 0.6) is 0 Å². The maximum Gasteiger partial charge on any atom is 0.256 e. The van der Waals surface area contributed by atoms with E-state index in [4.69, 9.17) is 4.42 Å². The van der Waals surface area contributed by atoms with Gasteiger partial charge >= 0.3 is 0 Å². The number of amides is 1. The molecular formula is C22H17IN2O2. The lowest BCUT2D eigenvalue weighted by Gasteiger charge is -2.10. The SMILES string of the molecule is Cc1ccc2nc(-c3ccc(C)c(NC(=O)c4ccccc4I)c3)oc2c1. The highest BCUT2D eigenvalue weighted by atomic mass is 127. The molecule has 1 heterocycles. The summed E-state index contributed by atoms with van der Waals surface area (Å²) in [5, 5.41) is 3.01. The van der Waals surface area contributed by atoms with Gasteiger partial charge in [-0.05, 0) is 84.0 Å². The molecule has 1 amide bonds. The molecule has 0 saturated heterocycles. The number of rotatable bonds is 3. The number of oxazole rings is 1. The highest BCUT2D eigenvalue weighted by Crippen LogP contribution is 2.29. The molecule has 134 valence electrons. The van der Waals surface area contributed by atoms with Gasteiger partial charge in [0.2, 0.25) is 5.89 Å². The minimum atomic E-state index is -0.131. The van der Waals surface area contributed by atoms with Gasteiger partial charge in [-0.15, -0.1) is 0 Å². The Hall–Kier alpha value is -2.67. The van der Waals surface area contributed by atoms with Crippen LogP contribution in [0.1, 0.15) is 21.5 Å². The molecule has 1 N–H and O–H groups in total. The van der Waals surface area contributed by atoms with Crippen LogP contribution in [0, 0.1) is 17.4 Å². The summed E-state index contributed by atoms with van der Waals surface area (Å²) in [7, 11) is 0. The molecule has 1 aromatic heterocycles. The number of aryl methyl sites for hydroxylation is 2. The van der Waals surface area contributed by atoms with Crippen molar-refractivity contribution >= 4 is 45.3 Å². The summed E-state index contributed by atoms with van der Waals surface area (Å²) in [4.78, 5) is 17.2. The number of aromatic nitrogens is 1. The van der Waals surface area contributed by atoms with Gasteiger partial charge in [0.25, 0.3) is 5.91 Å². The molecule has 4 nitrogen and oxygen atoms in total. The van der Waals surface area contributed by atoms with Crippen molar-refractivity contribution in [2.75, 3.05) is 5.32 Å². The minimum Gasteiger partial charge on any atom is -0.436 e. The number of nitrogens with zero attached hydrogens (tertiary/aromatic N) is 1. The van der Waals surface area contributed by atoms with Crippen molar-refractivity contribution < 1.29 is 9.21 Å². The van der Waals surface area contributed by atoms with Crippen LogP contribution in [0.3, 0.4) is 0 Å². The van der Waals surface area contributed by atoms with Crippen LogP contribution in [-0.4, -0.2) is 10.9 Å². The molecule has 4 rings (SSSR count). The van der Waals surface area contributed by atoms with Gasteiger partial charge in [-0.1, -0.05) is 24.3 Å². The van der Waals surface area contributed by atoms with E-state index in [1.165, 1.54) is 0 Å². The third-order valence-corrected chi connectivity index (χ3v) is 5.34. The summed E-state index contributed by atoms with van der Waals surface area (Å²) in [6.07, 6.45) is 0. The largest absolute Gasteiger partial charge is 0.436 e. The lowest BCUT2D eigenvalue weighted by molar-refractivity contribution is 0.102. The van der Waals surface area contributed by atoms with Crippen molar-refractivity contribution in [3.8, 4) is 11.5 Å². The molecule has 4 aromatic rings. The number of hydrogen-bond donors (Lipinski definition) is 1. The number of hydrogen-bond acceptors (Lipinski definition) is 3. The van der Waals surface area contributed by atoms with Crippen molar-refractivity contribution in [1.29, 1.82) is 0 Å². The average Bonchev–Trinajstić information content (AvgIpc) is 3.07. The Balaban J connectivity index is 1.68. The van der Waals surface area contributed by atoms with E-state index in [2.05, 4.69) is 32.9 Å². The third-order valence-electron chi connectivity index (χ3n) is 4.40. The van der Waals surface area contributed by atoms with Gasteiger partial charge in [0.1, 0.15) is 5.52 Å². The lowest BCUT2D eigenvalue weighted by atomic mass is 10.1. The highest BCUT2D eigenvalue weighted by molar-refractivity contribution is 14.1. The normalized spacial score (nSPS) is 10.9. The van der Waals surface area contributed by atoms with Crippen molar-refractivity contribution in [3.05, 3.63) is 80.9 Å². The van der Waals surface area contributed by atoms with Crippen LogP contribution >= 0.6 is 22.6 Å². The molecule has 0 bridgehead atoms. The van der Waals surface area contributed by atoms with E-state index in [0.717, 1.165) is 37.0 Å². The van der Waals surface area contributed by atoms with E-state index in [-0.39, 0.29) is 5.91 Å². The molecular weight excluding hydrogens is 451 g/mol. The Morgan fingerprint density at radius 1 is 1.04 bits per heavy atom. The molecule has 0 aliphatic carbocycles. The molecule has 0 aliphatic heterocycles. The number of fused-ring (bicyclic) bond motifs is 1. The van der Waals surface area contributed by atoms with Gasteiger partial charge < -0.3 is 9.73 Å². The maximum atomic E-state index is 12.7. The minimum absolute atomic E-state index is 0.131. The number of halogens is 1. The van der Waals surface area contributed by atoms with Crippen LogP contribution in [0.4, 0.5) is 5.69 Å². The molecule has 0 radical (unpaired) electrons. The van der Waals surface area contributed by atoms with E-state index in [9.17, 15) is 4.79 Å². The van der Waals surface area contributed by atoms with Crippen LogP contribution in [-0.2, 0) is 0 Å². The van der Waals surface area contributed by atoms with Crippen molar-refractivity contribution in [1.82, 2.24) is 4.98 Å². The summed E-state index contributed by atoms with van der Waals surface area (Å²) in [6, 6.07) is 19.3. The van der Waals surface area contributed by atoms with Crippen LogP contribution in [0.15, 0.2) is 65.1 Å². The van der Waals surface area contributed by atoms with E-state index >= 15 is 0 Å². The van der Waals surface area contributed by atoms with E-state index in [0.29, 0.717) is 11.5 Å². The molecule has 0 aliphatic rings. The summed E-state index contributed by atoms with van der Waals surface area (Å²) in [6.45, 7) is 3.98. The van der Waals surface area contributed by atoms with Gasteiger partial charge in [0.05, 0.1) is 5.56 Å². The van der Waals surface area contributed by atoms with Crippen molar-refractivity contribution in [3.63, 3.8) is 0 Å². The summed E-state index contributed by atoms with van der Waals surface area (Å²) in [5.41, 5.74) is 5.91. The van der Waals surface area contributed by atoms with Gasteiger partial charge in [0.15, 0.2) is 5.58 Å². The quantitative estimate of drug-likeness (QED) is 0.377. The monoisotopic (exact) mass is 468 g/mol. The second-order valence-corrected chi connectivity index (χ2v) is 7.62. The fourth-order valence-electron chi connectivity index (χ4n) is 2.88. The maximum absolute atomic E-state index is 12.7. The Bertz CT molecular complexity index is 1160. The first kappa shape index (κ1) is 17.7. The first-order valence-corrected chi connectivity index (χ1v) is 9.63. The zero-order valence-electron chi connectivity index (χ0n) is 14.9.